The van der Waals surface area contributed by atoms with E-state index in [1.54, 1.807) is 36.4 Å². The lowest BCUT2D eigenvalue weighted by Gasteiger charge is -2.32. The van der Waals surface area contributed by atoms with Crippen LogP contribution in [0.5, 0.6) is 0 Å². The first-order valence-corrected chi connectivity index (χ1v) is 12.3. The Hall–Kier alpha value is -3.42. The molecule has 0 unspecified atom stereocenters. The molecule has 1 N–H and O–H groups in total. The van der Waals surface area contributed by atoms with E-state index in [-0.39, 0.29) is 36.5 Å². The Balaban J connectivity index is 2.05. The summed E-state index contributed by atoms with van der Waals surface area (Å²) >= 11 is 12.8. The van der Waals surface area contributed by atoms with Crippen LogP contribution in [0.3, 0.4) is 0 Å². The highest BCUT2D eigenvalue weighted by molar-refractivity contribution is 6.36. The predicted octanol–water partition coefficient (Wildman–Crippen LogP) is 5.61. The van der Waals surface area contributed by atoms with Gasteiger partial charge in [0.2, 0.25) is 11.8 Å². The zero-order chi connectivity index (χ0) is 26.1. The van der Waals surface area contributed by atoms with E-state index in [0.29, 0.717) is 22.2 Å². The average molecular weight is 528 g/mol. The molecule has 7 nitrogen and oxygen atoms in total. The van der Waals surface area contributed by atoms with E-state index in [0.717, 1.165) is 12.0 Å². The fourth-order valence-electron chi connectivity index (χ4n) is 3.88. The molecule has 0 saturated carbocycles. The summed E-state index contributed by atoms with van der Waals surface area (Å²) < 4.78 is 0. The SMILES string of the molecule is CCCNC(=O)[C@@H](Cc1ccccc1)N(Cc1c(Cl)cccc1Cl)C(=O)Cc1ccccc1[N+](=O)[O-]. The summed E-state index contributed by atoms with van der Waals surface area (Å²) in [6.45, 7) is 2.35. The van der Waals surface area contributed by atoms with E-state index in [9.17, 15) is 19.7 Å². The number of carbonyl (C=O) groups excluding carboxylic acids is 2. The van der Waals surface area contributed by atoms with Gasteiger partial charge < -0.3 is 10.2 Å². The van der Waals surface area contributed by atoms with Gasteiger partial charge in [0.1, 0.15) is 6.04 Å². The Labute approximate surface area is 220 Å². The zero-order valence-electron chi connectivity index (χ0n) is 19.8. The predicted molar refractivity (Wildman–Crippen MR) is 141 cm³/mol. The molecule has 3 aromatic carbocycles. The van der Waals surface area contributed by atoms with Crippen molar-refractivity contribution in [1.29, 1.82) is 0 Å². The first-order valence-electron chi connectivity index (χ1n) is 11.6. The number of para-hydroxylation sites is 1. The maximum atomic E-state index is 13.8. The van der Waals surface area contributed by atoms with Gasteiger partial charge in [-0.25, -0.2) is 0 Å². The number of nitrogens with one attached hydrogen (secondary N) is 1. The molecule has 0 aliphatic heterocycles. The Morgan fingerprint density at radius 3 is 2.25 bits per heavy atom. The maximum Gasteiger partial charge on any atom is 0.273 e. The van der Waals surface area contributed by atoms with Crippen LogP contribution in [0.1, 0.15) is 30.0 Å². The first kappa shape index (κ1) is 27.2. The summed E-state index contributed by atoms with van der Waals surface area (Å²) in [5.41, 5.74) is 1.47. The number of carbonyl (C=O) groups is 2. The molecule has 3 rings (SSSR count). The largest absolute Gasteiger partial charge is 0.354 e. The zero-order valence-corrected chi connectivity index (χ0v) is 21.3. The highest BCUT2D eigenvalue weighted by Gasteiger charge is 2.32. The van der Waals surface area contributed by atoms with Gasteiger partial charge in [-0.05, 0) is 24.1 Å². The number of hydrogen-bond acceptors (Lipinski definition) is 4. The van der Waals surface area contributed by atoms with Gasteiger partial charge >= 0.3 is 0 Å². The Bertz CT molecular complexity index is 1200. The molecule has 0 heterocycles. The van der Waals surface area contributed by atoms with Crippen LogP contribution in [0.25, 0.3) is 0 Å². The average Bonchev–Trinajstić information content (AvgIpc) is 2.87. The highest BCUT2D eigenvalue weighted by atomic mass is 35.5. The number of rotatable bonds is 11. The maximum absolute atomic E-state index is 13.8. The molecular formula is C27H27Cl2N3O4. The monoisotopic (exact) mass is 527 g/mol. The van der Waals surface area contributed by atoms with Crippen LogP contribution in [0.4, 0.5) is 5.69 Å². The summed E-state index contributed by atoms with van der Waals surface area (Å²) in [5, 5.41) is 15.1. The van der Waals surface area contributed by atoms with Crippen LogP contribution in [0, 0.1) is 10.1 Å². The molecule has 0 spiro atoms. The topological polar surface area (TPSA) is 92.6 Å². The van der Waals surface area contributed by atoms with Gasteiger partial charge in [-0.3, -0.25) is 19.7 Å². The Kier molecular flexibility index (Phi) is 9.85. The van der Waals surface area contributed by atoms with Crippen LogP contribution < -0.4 is 5.32 Å². The molecule has 0 aliphatic rings. The molecule has 0 saturated heterocycles. The molecule has 3 aromatic rings. The third-order valence-corrected chi connectivity index (χ3v) is 6.45. The van der Waals surface area contributed by atoms with Gasteiger partial charge in [-0.1, -0.05) is 84.7 Å². The van der Waals surface area contributed by atoms with E-state index in [2.05, 4.69) is 5.32 Å². The van der Waals surface area contributed by atoms with Gasteiger partial charge in [-0.15, -0.1) is 0 Å². The normalized spacial score (nSPS) is 11.5. The second-order valence-corrected chi connectivity index (χ2v) is 9.10. The van der Waals surface area contributed by atoms with Crippen molar-refractivity contribution < 1.29 is 14.5 Å². The number of nitro groups is 1. The van der Waals surface area contributed by atoms with E-state index in [1.807, 2.05) is 37.3 Å². The Morgan fingerprint density at radius 2 is 1.61 bits per heavy atom. The van der Waals surface area contributed by atoms with Gasteiger partial charge in [0, 0.05) is 46.7 Å². The molecule has 1 atom stereocenters. The quantitative estimate of drug-likeness (QED) is 0.259. The number of halogens is 2. The lowest BCUT2D eigenvalue weighted by Crippen LogP contribution is -2.51. The first-order chi connectivity index (χ1) is 17.3. The summed E-state index contributed by atoms with van der Waals surface area (Å²) in [6.07, 6.45) is 0.719. The number of benzene rings is 3. The van der Waals surface area contributed by atoms with Crippen molar-refractivity contribution in [3.63, 3.8) is 0 Å². The molecule has 2 amide bonds. The fourth-order valence-corrected chi connectivity index (χ4v) is 4.39. The van der Waals surface area contributed by atoms with E-state index in [1.165, 1.54) is 11.0 Å². The van der Waals surface area contributed by atoms with Crippen molar-refractivity contribution in [3.05, 3.63) is 110 Å². The molecule has 0 aliphatic carbocycles. The number of nitro benzene ring substituents is 1. The standard InChI is InChI=1S/C27H27Cl2N3O4/c1-2-15-30-27(34)25(16-19-9-4-3-5-10-19)31(18-21-22(28)12-8-13-23(21)29)26(33)17-20-11-6-7-14-24(20)32(35)36/h3-14,25H,2,15-18H2,1H3,(H,30,34)/t25-/m1/s1. The van der Waals surface area contributed by atoms with Crippen LogP contribution in [0.2, 0.25) is 10.0 Å². The lowest BCUT2D eigenvalue weighted by atomic mass is 10.0. The minimum atomic E-state index is -0.887. The summed E-state index contributed by atoms with van der Waals surface area (Å²) in [6, 6.07) is 19.6. The lowest BCUT2D eigenvalue weighted by molar-refractivity contribution is -0.385. The summed E-state index contributed by atoms with van der Waals surface area (Å²) in [4.78, 5) is 39.6. The number of nitrogens with zero attached hydrogens (tertiary/aromatic N) is 2. The second kappa shape index (κ2) is 13.0. The molecule has 9 heteroatoms. The second-order valence-electron chi connectivity index (χ2n) is 8.28. The summed E-state index contributed by atoms with van der Waals surface area (Å²) in [5.74, 6) is -0.771. The van der Waals surface area contributed by atoms with Crippen molar-refractivity contribution in [2.45, 2.75) is 38.8 Å². The van der Waals surface area contributed by atoms with Crippen molar-refractivity contribution in [3.8, 4) is 0 Å². The molecule has 0 fully saturated rings. The third kappa shape index (κ3) is 7.06. The molecule has 36 heavy (non-hydrogen) atoms. The van der Waals surface area contributed by atoms with Crippen LogP contribution >= 0.6 is 23.2 Å². The highest BCUT2D eigenvalue weighted by Crippen LogP contribution is 2.28. The van der Waals surface area contributed by atoms with Crippen LogP contribution in [0.15, 0.2) is 72.8 Å². The minimum Gasteiger partial charge on any atom is -0.354 e. The van der Waals surface area contributed by atoms with Crippen molar-refractivity contribution in [2.75, 3.05) is 6.54 Å². The molecule has 0 bridgehead atoms. The van der Waals surface area contributed by atoms with Crippen molar-refractivity contribution in [2.24, 2.45) is 0 Å². The Morgan fingerprint density at radius 1 is 0.972 bits per heavy atom. The minimum absolute atomic E-state index is 0.0327. The van der Waals surface area contributed by atoms with E-state index >= 15 is 0 Å². The van der Waals surface area contributed by atoms with Gasteiger partial charge in [0.05, 0.1) is 11.3 Å². The van der Waals surface area contributed by atoms with Gasteiger partial charge in [0.25, 0.3) is 5.69 Å². The summed E-state index contributed by atoms with van der Waals surface area (Å²) in [7, 11) is 0. The van der Waals surface area contributed by atoms with E-state index in [4.69, 9.17) is 23.2 Å². The van der Waals surface area contributed by atoms with Gasteiger partial charge in [-0.2, -0.15) is 0 Å². The third-order valence-electron chi connectivity index (χ3n) is 5.74. The number of amides is 2. The van der Waals surface area contributed by atoms with Crippen molar-refractivity contribution in [1.82, 2.24) is 10.2 Å². The van der Waals surface area contributed by atoms with Gasteiger partial charge in [0.15, 0.2) is 0 Å². The molecule has 188 valence electrons. The number of hydrogen-bond donors (Lipinski definition) is 1. The van der Waals surface area contributed by atoms with Crippen molar-refractivity contribution >= 4 is 40.7 Å². The smallest absolute Gasteiger partial charge is 0.273 e. The molecular weight excluding hydrogens is 501 g/mol. The van der Waals surface area contributed by atoms with E-state index < -0.39 is 16.9 Å². The van der Waals surface area contributed by atoms with Crippen LogP contribution in [-0.4, -0.2) is 34.2 Å². The molecule has 0 aromatic heterocycles. The van der Waals surface area contributed by atoms with Crippen LogP contribution in [-0.2, 0) is 29.0 Å². The molecule has 0 radical (unpaired) electrons. The fraction of sp³-hybridized carbons (Fsp3) is 0.259.